The monoisotopic (exact) mass is 678 g/mol. The molecule has 0 aliphatic rings. The van der Waals surface area contributed by atoms with Crippen LogP contribution in [-0.4, -0.2) is 67.1 Å². The van der Waals surface area contributed by atoms with E-state index in [0.717, 1.165) is 24.5 Å². The topological polar surface area (TPSA) is 221 Å². The summed E-state index contributed by atoms with van der Waals surface area (Å²) in [5.41, 5.74) is 4.38. The van der Waals surface area contributed by atoms with Crippen molar-refractivity contribution in [1.29, 1.82) is 10.8 Å². The van der Waals surface area contributed by atoms with Gasteiger partial charge < -0.3 is 29.9 Å². The number of carbonyl (C=O) groups is 1. The van der Waals surface area contributed by atoms with E-state index in [4.69, 9.17) is 35.3 Å². The Hall–Kier alpha value is -5.46. The summed E-state index contributed by atoms with van der Waals surface area (Å²) in [5.74, 6) is -2.84. The summed E-state index contributed by atoms with van der Waals surface area (Å²) in [6.07, 6.45) is -3.14. The summed E-state index contributed by atoms with van der Waals surface area (Å²) in [6, 6.07) is 6.45. The molecule has 1 aromatic carbocycles. The number of methoxy groups -OCH3 is 2. The zero-order valence-corrected chi connectivity index (χ0v) is 26.1. The van der Waals surface area contributed by atoms with Crippen LogP contribution in [0.3, 0.4) is 0 Å². The SMILES string of the molecule is COc1cc(N)cc(OCCc2cc(C(F)(F)F)nn2C(=N)C(C=N)c2cnc(OC)c(C(=O)NS(=O)(=O)c3c(C)noc3C)c2)c1. The Morgan fingerprint density at radius 2 is 1.85 bits per heavy atom. The van der Waals surface area contributed by atoms with Crippen molar-refractivity contribution in [2.45, 2.75) is 37.3 Å². The first-order chi connectivity index (χ1) is 22.1. The molecule has 0 aliphatic heterocycles. The van der Waals surface area contributed by atoms with Gasteiger partial charge in [-0.3, -0.25) is 10.2 Å². The number of anilines is 1. The molecule has 250 valence electrons. The van der Waals surface area contributed by atoms with Gasteiger partial charge in [0.2, 0.25) is 5.88 Å². The summed E-state index contributed by atoms with van der Waals surface area (Å²) >= 11 is 0. The molecule has 1 unspecified atom stereocenters. The predicted molar refractivity (Wildman–Crippen MR) is 160 cm³/mol. The van der Waals surface area contributed by atoms with E-state index in [2.05, 4.69) is 15.2 Å². The van der Waals surface area contributed by atoms with Crippen molar-refractivity contribution < 1.29 is 45.1 Å². The van der Waals surface area contributed by atoms with Crippen molar-refractivity contribution in [2.24, 2.45) is 0 Å². The van der Waals surface area contributed by atoms with E-state index in [1.165, 1.54) is 40.2 Å². The van der Waals surface area contributed by atoms with E-state index >= 15 is 0 Å². The molecule has 3 aromatic heterocycles. The average Bonchev–Trinajstić information content (AvgIpc) is 3.60. The molecule has 0 spiro atoms. The van der Waals surface area contributed by atoms with Gasteiger partial charge in [-0.15, -0.1) is 0 Å². The fraction of sp³-hybridized carbons (Fsp3) is 0.286. The highest BCUT2D eigenvalue weighted by molar-refractivity contribution is 7.90. The third-order valence-corrected chi connectivity index (χ3v) is 8.24. The molecule has 0 radical (unpaired) electrons. The number of aromatic nitrogens is 4. The van der Waals surface area contributed by atoms with Gasteiger partial charge in [0.25, 0.3) is 15.9 Å². The number of hydrogen-bond acceptors (Lipinski definition) is 13. The maximum atomic E-state index is 13.7. The van der Waals surface area contributed by atoms with Gasteiger partial charge in [-0.25, -0.2) is 22.8 Å². The van der Waals surface area contributed by atoms with Crippen LogP contribution in [-0.2, 0) is 22.6 Å². The number of pyridine rings is 1. The van der Waals surface area contributed by atoms with E-state index in [9.17, 15) is 26.4 Å². The number of amides is 1. The average molecular weight is 679 g/mol. The van der Waals surface area contributed by atoms with Crippen molar-refractivity contribution in [3.63, 3.8) is 0 Å². The molecular weight excluding hydrogens is 649 g/mol. The zero-order chi connectivity index (χ0) is 34.7. The molecule has 1 amide bonds. The van der Waals surface area contributed by atoms with Crippen molar-refractivity contribution in [1.82, 2.24) is 24.6 Å². The van der Waals surface area contributed by atoms with Crippen LogP contribution in [0, 0.1) is 24.7 Å². The minimum atomic E-state index is -4.86. The molecule has 0 bridgehead atoms. The molecule has 4 rings (SSSR count). The van der Waals surface area contributed by atoms with Crippen LogP contribution in [0.5, 0.6) is 17.4 Å². The molecule has 0 saturated carbocycles. The van der Waals surface area contributed by atoms with Gasteiger partial charge >= 0.3 is 6.18 Å². The van der Waals surface area contributed by atoms with Crippen molar-refractivity contribution >= 4 is 33.7 Å². The quantitative estimate of drug-likeness (QED) is 0.0964. The fourth-order valence-corrected chi connectivity index (χ4v) is 5.83. The number of nitrogens with one attached hydrogen (secondary N) is 3. The number of sulfonamides is 1. The third-order valence-electron chi connectivity index (χ3n) is 6.66. The normalized spacial score (nSPS) is 12.3. The van der Waals surface area contributed by atoms with E-state index in [0.29, 0.717) is 21.9 Å². The fourth-order valence-electron chi connectivity index (χ4n) is 4.53. The van der Waals surface area contributed by atoms with Crippen LogP contribution in [0.4, 0.5) is 18.9 Å². The van der Waals surface area contributed by atoms with Crippen molar-refractivity contribution in [3.8, 4) is 17.4 Å². The maximum absolute atomic E-state index is 13.7. The van der Waals surface area contributed by atoms with Gasteiger partial charge in [0, 0.05) is 48.4 Å². The second kappa shape index (κ2) is 13.5. The summed E-state index contributed by atoms with van der Waals surface area (Å²) in [6.45, 7) is 2.57. The molecule has 4 aromatic rings. The van der Waals surface area contributed by atoms with Gasteiger partial charge in [0.15, 0.2) is 16.3 Å². The maximum Gasteiger partial charge on any atom is 0.435 e. The first kappa shape index (κ1) is 34.4. The summed E-state index contributed by atoms with van der Waals surface area (Å²) < 4.78 is 90.4. The lowest BCUT2D eigenvalue weighted by molar-refractivity contribution is -0.141. The standard InChI is InChI=1S/C28H29F3N8O7S/c1-14-24(15(2)46-37-14)47(41,42)38-26(40)21-7-16(13-35-27(21)44-4)22(12-32)25(34)39-18(10-23(36-39)28(29,30)31)5-6-45-20-9-17(33)8-19(11-20)43-3/h7-13,22,32,34H,5-6,33H2,1-4H3,(H,38,40). The van der Waals surface area contributed by atoms with Crippen LogP contribution in [0.25, 0.3) is 0 Å². The molecule has 19 heteroatoms. The summed E-state index contributed by atoms with van der Waals surface area (Å²) in [7, 11) is -1.87. The minimum Gasteiger partial charge on any atom is -0.497 e. The highest BCUT2D eigenvalue weighted by Crippen LogP contribution is 2.31. The smallest absolute Gasteiger partial charge is 0.435 e. The van der Waals surface area contributed by atoms with Crippen molar-refractivity contribution in [2.75, 3.05) is 26.6 Å². The molecule has 0 aliphatic carbocycles. The van der Waals surface area contributed by atoms with Gasteiger partial charge in [-0.2, -0.15) is 18.3 Å². The summed E-state index contributed by atoms with van der Waals surface area (Å²) in [4.78, 5) is 16.8. The highest BCUT2D eigenvalue weighted by atomic mass is 32.2. The Labute approximate surface area is 265 Å². The first-order valence-electron chi connectivity index (χ1n) is 13.5. The van der Waals surface area contributed by atoms with Gasteiger partial charge in [0.05, 0.1) is 26.7 Å². The molecule has 0 fully saturated rings. The second-order valence-electron chi connectivity index (χ2n) is 9.91. The largest absolute Gasteiger partial charge is 0.497 e. The molecule has 0 saturated heterocycles. The molecule has 5 N–H and O–H groups in total. The lowest BCUT2D eigenvalue weighted by Gasteiger charge is -2.18. The lowest BCUT2D eigenvalue weighted by Crippen LogP contribution is -2.32. The van der Waals surface area contributed by atoms with Crippen LogP contribution < -0.4 is 24.7 Å². The number of hydrogen-bond donors (Lipinski definition) is 4. The second-order valence-corrected chi connectivity index (χ2v) is 11.5. The number of ether oxygens (including phenoxy) is 3. The van der Waals surface area contributed by atoms with Crippen LogP contribution in [0.15, 0.2) is 45.9 Å². The number of nitrogen functional groups attached to an aromatic ring is 1. The Balaban J connectivity index is 1.65. The molecule has 47 heavy (non-hydrogen) atoms. The molecule has 3 heterocycles. The van der Waals surface area contributed by atoms with Crippen LogP contribution in [0.2, 0.25) is 0 Å². The number of alkyl halides is 3. The van der Waals surface area contributed by atoms with E-state index < -0.39 is 45.1 Å². The van der Waals surface area contributed by atoms with Crippen LogP contribution >= 0.6 is 0 Å². The number of nitrogens with two attached hydrogens (primary N) is 1. The first-order valence-corrected chi connectivity index (χ1v) is 14.9. The van der Waals surface area contributed by atoms with Crippen LogP contribution in [0.1, 0.15) is 44.7 Å². The zero-order valence-electron chi connectivity index (χ0n) is 25.3. The lowest BCUT2D eigenvalue weighted by atomic mass is 9.99. The molecular formula is C28H29F3N8O7S. The van der Waals surface area contributed by atoms with Gasteiger partial charge in [-0.1, -0.05) is 5.16 Å². The Morgan fingerprint density at radius 3 is 2.45 bits per heavy atom. The number of halogens is 3. The molecule has 15 nitrogen and oxygen atoms in total. The Morgan fingerprint density at radius 1 is 1.15 bits per heavy atom. The van der Waals surface area contributed by atoms with Crippen molar-refractivity contribution in [3.05, 3.63) is 70.5 Å². The Kier molecular flexibility index (Phi) is 9.88. The number of benzene rings is 1. The minimum absolute atomic E-state index is 0.00485. The van der Waals surface area contributed by atoms with E-state index in [1.807, 2.05) is 4.72 Å². The molecule has 1 atom stereocenters. The predicted octanol–water partition coefficient (Wildman–Crippen LogP) is 3.50. The summed E-state index contributed by atoms with van der Waals surface area (Å²) in [5, 5.41) is 23.9. The van der Waals surface area contributed by atoms with Gasteiger partial charge in [0.1, 0.15) is 28.6 Å². The Bertz CT molecular complexity index is 1920. The number of rotatable bonds is 12. The number of aryl methyl sites for hydroxylation is 2. The van der Waals surface area contributed by atoms with E-state index in [-0.39, 0.29) is 46.5 Å². The third kappa shape index (κ3) is 7.51. The highest BCUT2D eigenvalue weighted by Gasteiger charge is 2.36. The number of carbonyl (C=O) groups excluding carboxylic acids is 1. The number of nitrogens with zero attached hydrogens (tertiary/aromatic N) is 4. The van der Waals surface area contributed by atoms with E-state index in [1.54, 1.807) is 6.07 Å². The van der Waals surface area contributed by atoms with Gasteiger partial charge in [-0.05, 0) is 31.5 Å².